The Morgan fingerprint density at radius 1 is 1.10 bits per heavy atom. The Hall–Kier alpha value is -2.36. The summed E-state index contributed by atoms with van der Waals surface area (Å²) in [5, 5.41) is 0. The van der Waals surface area contributed by atoms with Crippen molar-refractivity contribution >= 4 is 5.97 Å². The molecule has 2 aromatic rings. The number of pyridine rings is 1. The number of fused-ring (bicyclic) bond motifs is 4. The van der Waals surface area contributed by atoms with Gasteiger partial charge in [0.15, 0.2) is 0 Å². The van der Waals surface area contributed by atoms with Gasteiger partial charge in [0, 0.05) is 18.3 Å². The number of ether oxygens (including phenoxy) is 2. The standard InChI is InChI=1S/C27H33NO3/c1-25(2)11-6-12-26(3)22(25)10-13-27(4)23(26)16-19-15-20(8-9-21(19)31-27)30-24(29)18-7-5-14-28-17-18/h5,7-9,14-15,17,22-23H,6,10-13,16H2,1-4H3/t22-,23+,26-,27+/m0/s1. The highest BCUT2D eigenvalue weighted by atomic mass is 16.5. The molecule has 0 radical (unpaired) electrons. The van der Waals surface area contributed by atoms with Crippen molar-refractivity contribution in [2.75, 3.05) is 0 Å². The second-order valence-electron chi connectivity index (χ2n) is 11.0. The summed E-state index contributed by atoms with van der Waals surface area (Å²) in [6.07, 6.45) is 10.4. The van der Waals surface area contributed by atoms with Gasteiger partial charge in [0.05, 0.1) is 5.56 Å². The van der Waals surface area contributed by atoms with E-state index in [0.29, 0.717) is 22.6 Å². The van der Waals surface area contributed by atoms with Gasteiger partial charge in [-0.25, -0.2) is 4.79 Å². The molecule has 0 bridgehead atoms. The molecule has 4 nitrogen and oxygen atoms in total. The Morgan fingerprint density at radius 2 is 1.94 bits per heavy atom. The number of esters is 1. The van der Waals surface area contributed by atoms with E-state index in [4.69, 9.17) is 9.47 Å². The third kappa shape index (κ3) is 3.35. The first-order valence-corrected chi connectivity index (χ1v) is 11.7. The van der Waals surface area contributed by atoms with Crippen LogP contribution < -0.4 is 9.47 Å². The van der Waals surface area contributed by atoms with E-state index in [1.54, 1.807) is 18.3 Å². The van der Waals surface area contributed by atoms with Gasteiger partial charge in [0.2, 0.25) is 0 Å². The molecular formula is C27H33NO3. The minimum absolute atomic E-state index is 0.125. The number of hydrogen-bond donors (Lipinski definition) is 0. The smallest absolute Gasteiger partial charge is 0.345 e. The van der Waals surface area contributed by atoms with Gasteiger partial charge in [0.1, 0.15) is 17.1 Å². The summed E-state index contributed by atoms with van der Waals surface area (Å²) in [5.74, 6) is 2.32. The van der Waals surface area contributed by atoms with Crippen LogP contribution in [0.3, 0.4) is 0 Å². The topological polar surface area (TPSA) is 48.4 Å². The van der Waals surface area contributed by atoms with E-state index in [-0.39, 0.29) is 17.0 Å². The lowest BCUT2D eigenvalue weighted by atomic mass is 9.44. The molecule has 0 N–H and O–H groups in total. The number of rotatable bonds is 2. The summed E-state index contributed by atoms with van der Waals surface area (Å²) in [6, 6.07) is 9.28. The third-order valence-corrected chi connectivity index (χ3v) is 8.65. The zero-order valence-electron chi connectivity index (χ0n) is 19.1. The first kappa shape index (κ1) is 20.5. The van der Waals surface area contributed by atoms with E-state index < -0.39 is 0 Å². The fraction of sp³-hybridized carbons (Fsp3) is 0.556. The van der Waals surface area contributed by atoms with Crippen molar-refractivity contribution in [3.05, 3.63) is 53.9 Å². The average Bonchev–Trinajstić information content (AvgIpc) is 2.73. The van der Waals surface area contributed by atoms with E-state index >= 15 is 0 Å². The van der Waals surface area contributed by atoms with Crippen LogP contribution in [0.1, 0.15) is 75.7 Å². The van der Waals surface area contributed by atoms with Gasteiger partial charge < -0.3 is 9.47 Å². The van der Waals surface area contributed by atoms with Gasteiger partial charge in [-0.15, -0.1) is 0 Å². The largest absolute Gasteiger partial charge is 0.487 e. The van der Waals surface area contributed by atoms with Crippen molar-refractivity contribution in [2.24, 2.45) is 22.7 Å². The Bertz CT molecular complexity index is 1000. The summed E-state index contributed by atoms with van der Waals surface area (Å²) in [5.41, 5.74) is 2.14. The van der Waals surface area contributed by atoms with Gasteiger partial charge in [-0.1, -0.05) is 27.2 Å². The first-order valence-electron chi connectivity index (χ1n) is 11.7. The van der Waals surface area contributed by atoms with E-state index in [2.05, 4.69) is 32.7 Å². The summed E-state index contributed by atoms with van der Waals surface area (Å²) in [6.45, 7) is 9.76. The van der Waals surface area contributed by atoms with Crippen LogP contribution in [-0.4, -0.2) is 16.6 Å². The molecule has 3 aliphatic rings. The number of benzene rings is 1. The SMILES string of the molecule is CC1(C)CCC[C@]2(C)[C@H]3Cc4cc(OC(=O)c5cccnc5)ccc4O[C@]3(C)CC[C@@H]12. The molecule has 2 heterocycles. The van der Waals surface area contributed by atoms with Crippen LogP contribution in [0.5, 0.6) is 11.5 Å². The Morgan fingerprint density at radius 3 is 2.71 bits per heavy atom. The molecule has 2 fully saturated rings. The number of carbonyl (C=O) groups excluding carboxylic acids is 1. The molecule has 0 saturated heterocycles. The maximum absolute atomic E-state index is 12.5. The number of aromatic nitrogens is 1. The molecule has 4 atom stereocenters. The molecular weight excluding hydrogens is 386 g/mol. The van der Waals surface area contributed by atoms with Crippen molar-refractivity contribution in [2.45, 2.75) is 71.8 Å². The second kappa shape index (κ2) is 7.08. The van der Waals surface area contributed by atoms with Gasteiger partial charge in [0.25, 0.3) is 0 Å². The minimum Gasteiger partial charge on any atom is -0.487 e. The molecule has 31 heavy (non-hydrogen) atoms. The van der Waals surface area contributed by atoms with Crippen molar-refractivity contribution in [3.63, 3.8) is 0 Å². The number of carbonyl (C=O) groups is 1. The molecule has 2 saturated carbocycles. The van der Waals surface area contributed by atoms with Crippen LogP contribution in [0.4, 0.5) is 0 Å². The van der Waals surface area contributed by atoms with E-state index in [9.17, 15) is 4.79 Å². The van der Waals surface area contributed by atoms with Crippen LogP contribution in [0.15, 0.2) is 42.7 Å². The predicted molar refractivity (Wildman–Crippen MR) is 120 cm³/mol. The molecule has 0 spiro atoms. The molecule has 0 amide bonds. The lowest BCUT2D eigenvalue weighted by Crippen LogP contribution is -2.61. The predicted octanol–water partition coefficient (Wildman–Crippen LogP) is 6.24. The van der Waals surface area contributed by atoms with Crippen LogP contribution in [0.2, 0.25) is 0 Å². The zero-order valence-corrected chi connectivity index (χ0v) is 19.1. The molecule has 1 aromatic heterocycles. The summed E-state index contributed by atoms with van der Waals surface area (Å²) < 4.78 is 12.4. The maximum Gasteiger partial charge on any atom is 0.345 e. The summed E-state index contributed by atoms with van der Waals surface area (Å²) >= 11 is 0. The molecule has 1 aliphatic heterocycles. The van der Waals surface area contributed by atoms with Gasteiger partial charge in [-0.3, -0.25) is 4.98 Å². The monoisotopic (exact) mass is 419 g/mol. The fourth-order valence-corrected chi connectivity index (χ4v) is 7.18. The first-order chi connectivity index (χ1) is 14.7. The van der Waals surface area contributed by atoms with Crippen LogP contribution in [-0.2, 0) is 6.42 Å². The zero-order chi connectivity index (χ0) is 21.9. The quantitative estimate of drug-likeness (QED) is 0.427. The summed E-state index contributed by atoms with van der Waals surface area (Å²) in [7, 11) is 0. The normalized spacial score (nSPS) is 33.3. The van der Waals surface area contributed by atoms with E-state index in [0.717, 1.165) is 30.1 Å². The van der Waals surface area contributed by atoms with Crippen molar-refractivity contribution in [3.8, 4) is 11.5 Å². The van der Waals surface area contributed by atoms with Crippen molar-refractivity contribution < 1.29 is 14.3 Å². The van der Waals surface area contributed by atoms with Gasteiger partial charge >= 0.3 is 5.97 Å². The Kier molecular flexibility index (Phi) is 4.69. The molecule has 164 valence electrons. The molecule has 2 aliphatic carbocycles. The molecule has 4 heteroatoms. The van der Waals surface area contributed by atoms with E-state index in [1.807, 2.05) is 18.2 Å². The third-order valence-electron chi connectivity index (χ3n) is 8.65. The highest BCUT2D eigenvalue weighted by molar-refractivity contribution is 5.90. The Balaban J connectivity index is 1.44. The maximum atomic E-state index is 12.5. The molecule has 5 rings (SSSR count). The van der Waals surface area contributed by atoms with Gasteiger partial charge in [-0.05, 0) is 91.7 Å². The molecule has 0 unspecified atom stereocenters. The Labute approximate surface area is 185 Å². The average molecular weight is 420 g/mol. The lowest BCUT2D eigenvalue weighted by molar-refractivity contribution is -0.162. The minimum atomic E-state index is -0.381. The number of nitrogens with zero attached hydrogens (tertiary/aromatic N) is 1. The molecule has 1 aromatic carbocycles. The van der Waals surface area contributed by atoms with Crippen molar-refractivity contribution in [1.82, 2.24) is 4.98 Å². The van der Waals surface area contributed by atoms with Crippen LogP contribution in [0.25, 0.3) is 0 Å². The highest BCUT2D eigenvalue weighted by Gasteiger charge is 2.60. The lowest BCUT2D eigenvalue weighted by Gasteiger charge is -2.63. The van der Waals surface area contributed by atoms with Gasteiger partial charge in [-0.2, -0.15) is 0 Å². The fourth-order valence-electron chi connectivity index (χ4n) is 7.18. The second-order valence-corrected chi connectivity index (χ2v) is 11.0. The van der Waals surface area contributed by atoms with Crippen molar-refractivity contribution in [1.29, 1.82) is 0 Å². The highest BCUT2D eigenvalue weighted by Crippen LogP contribution is 2.64. The van der Waals surface area contributed by atoms with E-state index in [1.165, 1.54) is 31.9 Å². The van der Waals surface area contributed by atoms with Crippen LogP contribution in [0, 0.1) is 22.7 Å². The van der Waals surface area contributed by atoms with Crippen LogP contribution >= 0.6 is 0 Å². The number of hydrogen-bond acceptors (Lipinski definition) is 4. The summed E-state index contributed by atoms with van der Waals surface area (Å²) in [4.78, 5) is 16.5.